The highest BCUT2D eigenvalue weighted by Gasteiger charge is 2.46. The summed E-state index contributed by atoms with van der Waals surface area (Å²) in [4.78, 5) is 36.2. The van der Waals surface area contributed by atoms with Crippen LogP contribution in [0, 0.1) is 0 Å². The number of benzene rings is 2. The van der Waals surface area contributed by atoms with Gasteiger partial charge in [-0.3, -0.25) is 9.69 Å². The van der Waals surface area contributed by atoms with Crippen molar-refractivity contribution in [1.29, 1.82) is 0 Å². The maximum absolute atomic E-state index is 13.7. The number of nitrogens with two attached hydrogens (primary N) is 1. The average Bonchev–Trinajstić information content (AvgIpc) is 3.02. The van der Waals surface area contributed by atoms with Gasteiger partial charge in [-0.05, 0) is 73.7 Å². The molecule has 0 saturated heterocycles. The minimum Gasteiger partial charge on any atom is -0.490 e. The molecule has 0 saturated carbocycles. The van der Waals surface area contributed by atoms with Gasteiger partial charge >= 0.3 is 24.4 Å². The van der Waals surface area contributed by atoms with E-state index in [4.69, 9.17) is 15.2 Å². The van der Waals surface area contributed by atoms with E-state index >= 15 is 0 Å². The smallest absolute Gasteiger partial charge is 0.416 e. The van der Waals surface area contributed by atoms with E-state index in [1.54, 1.807) is 51.0 Å². The highest BCUT2D eigenvalue weighted by molar-refractivity contribution is 5.90. The fraction of sp³-hybridized carbons (Fsp3) is 0.455. The summed E-state index contributed by atoms with van der Waals surface area (Å²) in [5, 5.41) is 10.2. The van der Waals surface area contributed by atoms with Gasteiger partial charge in [0, 0.05) is 38.5 Å². The van der Waals surface area contributed by atoms with E-state index in [1.165, 1.54) is 6.20 Å². The Kier molecular flexibility index (Phi) is 11.0. The summed E-state index contributed by atoms with van der Waals surface area (Å²) >= 11 is 0. The molecule has 1 aromatic heterocycles. The minimum absolute atomic E-state index is 0.00737. The Balaban J connectivity index is 1.85. The van der Waals surface area contributed by atoms with Gasteiger partial charge in [0.15, 0.2) is 5.75 Å². The molecule has 3 N–H and O–H groups in total. The molecule has 2 heterocycles. The molecular weight excluding hydrogens is 660 g/mol. The number of anilines is 2. The minimum atomic E-state index is -5.06. The average molecular weight is 698 g/mol. The van der Waals surface area contributed by atoms with Crippen LogP contribution in [0.3, 0.4) is 0 Å². The van der Waals surface area contributed by atoms with Gasteiger partial charge < -0.3 is 25.2 Å². The molecule has 0 unspecified atom stereocenters. The van der Waals surface area contributed by atoms with Crippen molar-refractivity contribution in [2.45, 2.75) is 69.9 Å². The van der Waals surface area contributed by atoms with Crippen LogP contribution in [-0.4, -0.2) is 60.1 Å². The van der Waals surface area contributed by atoms with E-state index in [-0.39, 0.29) is 73.5 Å². The first kappa shape index (κ1) is 37.2. The number of fused-ring (bicyclic) bond motifs is 1. The van der Waals surface area contributed by atoms with E-state index in [9.17, 15) is 41.0 Å². The molecule has 0 spiro atoms. The number of halogens is 6. The number of esters is 1. The van der Waals surface area contributed by atoms with E-state index in [0.29, 0.717) is 17.7 Å². The maximum atomic E-state index is 13.7. The predicted octanol–water partition coefficient (Wildman–Crippen LogP) is 6.98. The number of carbonyl (C=O) groups excluding carboxylic acids is 1. The van der Waals surface area contributed by atoms with Crippen LogP contribution in [0.25, 0.3) is 0 Å². The normalized spacial score (nSPS) is 17.8. The van der Waals surface area contributed by atoms with E-state index in [0.717, 1.165) is 10.6 Å². The molecule has 0 radical (unpaired) electrons. The lowest BCUT2D eigenvalue weighted by Crippen LogP contribution is -2.61. The molecule has 3 aromatic rings. The number of ether oxygens (including phenoxy) is 2. The Labute approximate surface area is 278 Å². The molecule has 2 aromatic carbocycles. The summed E-state index contributed by atoms with van der Waals surface area (Å²) in [5.41, 5.74) is 3.49. The zero-order chi connectivity index (χ0) is 36.3. The summed E-state index contributed by atoms with van der Waals surface area (Å²) in [7, 11) is 3.58. The monoisotopic (exact) mass is 697 g/mol. The largest absolute Gasteiger partial charge is 0.490 e. The van der Waals surface area contributed by atoms with Crippen LogP contribution in [0.1, 0.15) is 79.2 Å². The van der Waals surface area contributed by atoms with Gasteiger partial charge in [0.1, 0.15) is 11.5 Å². The third kappa shape index (κ3) is 8.53. The summed E-state index contributed by atoms with van der Waals surface area (Å²) in [6, 6.07) is 6.38. The third-order valence-corrected chi connectivity index (χ3v) is 8.22. The first-order valence-electron chi connectivity index (χ1n) is 15.4. The van der Waals surface area contributed by atoms with Crippen LogP contribution in [-0.2, 0) is 28.3 Å². The van der Waals surface area contributed by atoms with Gasteiger partial charge in [0.2, 0.25) is 0 Å². The molecule has 49 heavy (non-hydrogen) atoms. The van der Waals surface area contributed by atoms with Gasteiger partial charge in [-0.2, -0.15) is 26.3 Å². The van der Waals surface area contributed by atoms with Crippen molar-refractivity contribution in [3.05, 3.63) is 76.4 Å². The van der Waals surface area contributed by atoms with Crippen molar-refractivity contribution in [2.24, 2.45) is 5.73 Å². The number of alkyl halides is 6. The zero-order valence-corrected chi connectivity index (χ0v) is 27.3. The van der Waals surface area contributed by atoms with Gasteiger partial charge in [-0.15, -0.1) is 0 Å². The van der Waals surface area contributed by atoms with Crippen LogP contribution in [0.5, 0.6) is 5.75 Å². The third-order valence-electron chi connectivity index (χ3n) is 8.22. The fourth-order valence-electron chi connectivity index (χ4n) is 5.71. The lowest BCUT2D eigenvalue weighted by molar-refractivity contribution is -0.144. The lowest BCUT2D eigenvalue weighted by atomic mass is 9.80. The lowest BCUT2D eigenvalue weighted by Gasteiger charge is -2.46. The highest BCUT2D eigenvalue weighted by atomic mass is 19.4. The van der Waals surface area contributed by atoms with Crippen LogP contribution in [0.2, 0.25) is 0 Å². The highest BCUT2D eigenvalue weighted by Crippen LogP contribution is 2.47. The molecule has 2 atom stereocenters. The standard InChI is InChI=1S/C33H37F6N5O5/c1-5-31(40)17-24(23-16-22(43(3)4)9-10-26(23)44(31)30(46)47)29-41-18-27(49-11-7-8-28(45)48-6-2)25(42-29)14-19-12-20(32(34,35)36)15-21(13-19)33(37,38)39/h9-10,12-13,15-16,18,24H,5-8,11,14,17,40H2,1-4H3,(H,46,47)/t24-,31+/m0/s1. The Morgan fingerprint density at radius 3 is 2.27 bits per heavy atom. The summed E-state index contributed by atoms with van der Waals surface area (Å²) < 4.78 is 92.9. The second-order valence-corrected chi connectivity index (χ2v) is 11.9. The van der Waals surface area contributed by atoms with Gasteiger partial charge in [-0.25, -0.2) is 14.8 Å². The number of hydrogen-bond donors (Lipinski definition) is 2. The van der Waals surface area contributed by atoms with Crippen LogP contribution in [0.4, 0.5) is 42.5 Å². The number of aromatic nitrogens is 2. The molecule has 1 aliphatic rings. The first-order chi connectivity index (χ1) is 22.9. The summed E-state index contributed by atoms with van der Waals surface area (Å²) in [5.74, 6) is -1.09. The van der Waals surface area contributed by atoms with Crippen molar-refractivity contribution in [2.75, 3.05) is 37.1 Å². The number of carbonyl (C=O) groups is 2. The molecule has 0 bridgehead atoms. The molecule has 16 heteroatoms. The van der Waals surface area contributed by atoms with E-state index in [1.807, 2.05) is 0 Å². The molecule has 4 rings (SSSR count). The number of hydrogen-bond acceptors (Lipinski definition) is 8. The molecule has 0 aliphatic carbocycles. The van der Waals surface area contributed by atoms with Crippen molar-refractivity contribution < 1.29 is 50.5 Å². The SMILES string of the molecule is CCOC(=O)CCCOc1cnc([C@H]2C[C@@](N)(CC)N(C(=O)O)c3ccc(N(C)C)cc32)nc1Cc1cc(C(F)(F)F)cc(C(F)(F)F)c1. The molecule has 266 valence electrons. The summed E-state index contributed by atoms with van der Waals surface area (Å²) in [6.45, 7) is 3.50. The van der Waals surface area contributed by atoms with Crippen molar-refractivity contribution in [1.82, 2.24) is 9.97 Å². The number of carboxylic acid groups (broad SMARTS) is 1. The predicted molar refractivity (Wildman–Crippen MR) is 168 cm³/mol. The van der Waals surface area contributed by atoms with Gasteiger partial charge in [0.25, 0.3) is 0 Å². The van der Waals surface area contributed by atoms with Gasteiger partial charge in [-0.1, -0.05) is 6.92 Å². The topological polar surface area (TPSA) is 131 Å². The first-order valence-corrected chi connectivity index (χ1v) is 15.4. The maximum Gasteiger partial charge on any atom is 0.416 e. The Morgan fingerprint density at radius 2 is 1.71 bits per heavy atom. The van der Waals surface area contributed by atoms with E-state index in [2.05, 4.69) is 9.97 Å². The van der Waals surface area contributed by atoms with Crippen molar-refractivity contribution >= 4 is 23.4 Å². The van der Waals surface area contributed by atoms with Crippen LogP contribution < -0.4 is 20.3 Å². The quantitative estimate of drug-likeness (QED) is 0.124. The Hall–Kier alpha value is -4.60. The van der Waals surface area contributed by atoms with E-state index < -0.39 is 53.5 Å². The van der Waals surface area contributed by atoms with Crippen molar-refractivity contribution in [3.63, 3.8) is 0 Å². The summed E-state index contributed by atoms with van der Waals surface area (Å²) in [6.07, 6.45) is -10.2. The second kappa shape index (κ2) is 14.5. The van der Waals surface area contributed by atoms with Gasteiger partial charge in [0.05, 0.1) is 41.9 Å². The molecular formula is C33H37F6N5O5. The Bertz CT molecular complexity index is 1650. The number of rotatable bonds is 11. The fourth-order valence-corrected chi connectivity index (χ4v) is 5.71. The Morgan fingerprint density at radius 1 is 1.06 bits per heavy atom. The van der Waals surface area contributed by atoms with Crippen LogP contribution >= 0.6 is 0 Å². The zero-order valence-electron chi connectivity index (χ0n) is 27.3. The second-order valence-electron chi connectivity index (χ2n) is 11.9. The molecule has 10 nitrogen and oxygen atoms in total. The molecule has 0 fully saturated rings. The number of amides is 1. The number of nitrogens with zero attached hydrogens (tertiary/aromatic N) is 4. The van der Waals surface area contributed by atoms with Crippen LogP contribution in [0.15, 0.2) is 42.6 Å². The van der Waals surface area contributed by atoms with Crippen molar-refractivity contribution in [3.8, 4) is 5.75 Å². The molecule has 1 aliphatic heterocycles. The molecule has 1 amide bonds.